The Morgan fingerprint density at radius 2 is 2.33 bits per heavy atom. The van der Waals surface area contributed by atoms with Crippen LogP contribution < -0.4 is 0 Å². The van der Waals surface area contributed by atoms with Crippen LogP contribution in [-0.2, 0) is 13.2 Å². The molecule has 0 saturated carbocycles. The lowest BCUT2D eigenvalue weighted by atomic mass is 10.1. The lowest BCUT2D eigenvalue weighted by Crippen LogP contribution is -2.05. The number of aliphatic hydroxyl groups excluding tert-OH is 1. The third-order valence-electron chi connectivity index (χ3n) is 1.89. The molecule has 0 aliphatic rings. The zero-order chi connectivity index (χ0) is 8.97. The molecule has 0 atom stereocenters. The van der Waals surface area contributed by atoms with Crippen LogP contribution in [0.25, 0.3) is 0 Å². The smallest absolute Gasteiger partial charge is 0.134 e. The summed E-state index contributed by atoms with van der Waals surface area (Å²) in [4.78, 5) is 4.03. The van der Waals surface area contributed by atoms with Gasteiger partial charge in [-0.3, -0.25) is 0 Å². The average molecular weight is 168 g/mol. The maximum atomic E-state index is 8.89. The van der Waals surface area contributed by atoms with Crippen molar-refractivity contribution in [1.82, 2.24) is 9.55 Å². The van der Waals surface area contributed by atoms with Gasteiger partial charge in [0.25, 0.3) is 0 Å². The molecule has 3 heteroatoms. The van der Waals surface area contributed by atoms with Gasteiger partial charge in [0.1, 0.15) is 12.4 Å². The van der Waals surface area contributed by atoms with E-state index in [0.29, 0.717) is 5.92 Å². The van der Waals surface area contributed by atoms with Crippen molar-refractivity contribution < 1.29 is 5.11 Å². The first kappa shape index (κ1) is 9.26. The number of aromatic nitrogens is 2. The van der Waals surface area contributed by atoms with Crippen LogP contribution >= 0.6 is 0 Å². The van der Waals surface area contributed by atoms with Gasteiger partial charge >= 0.3 is 0 Å². The van der Waals surface area contributed by atoms with Crippen molar-refractivity contribution >= 4 is 0 Å². The Hall–Kier alpha value is -0.830. The normalized spacial score (nSPS) is 11.0. The quantitative estimate of drug-likeness (QED) is 0.738. The fourth-order valence-electron chi connectivity index (χ4n) is 1.09. The summed E-state index contributed by atoms with van der Waals surface area (Å²) >= 11 is 0. The average Bonchev–Trinajstić information content (AvgIpc) is 2.47. The summed E-state index contributed by atoms with van der Waals surface area (Å²) in [5, 5.41) is 8.89. The van der Waals surface area contributed by atoms with Crippen LogP contribution in [0.5, 0.6) is 0 Å². The number of hydrogen-bond donors (Lipinski definition) is 1. The number of nitrogens with zero attached hydrogens (tertiary/aromatic N) is 2. The zero-order valence-electron chi connectivity index (χ0n) is 7.70. The molecule has 0 aliphatic carbocycles. The first-order valence-corrected chi connectivity index (χ1v) is 4.35. The molecule has 1 N–H and O–H groups in total. The zero-order valence-corrected chi connectivity index (χ0v) is 7.70. The lowest BCUT2D eigenvalue weighted by molar-refractivity contribution is 0.264. The minimum Gasteiger partial charge on any atom is -0.388 e. The number of aliphatic hydroxyl groups is 1. The highest BCUT2D eigenvalue weighted by Gasteiger charge is 2.01. The highest BCUT2D eigenvalue weighted by Crippen LogP contribution is 2.04. The summed E-state index contributed by atoms with van der Waals surface area (Å²) < 4.78 is 2.00. The predicted octanol–water partition coefficient (Wildman–Crippen LogP) is 1.42. The molecular formula is C9H16N2O. The number of hydrogen-bond acceptors (Lipinski definition) is 2. The molecule has 1 heterocycles. The summed E-state index contributed by atoms with van der Waals surface area (Å²) in [5.41, 5.74) is 0. The third kappa shape index (κ3) is 2.34. The van der Waals surface area contributed by atoms with E-state index in [0.717, 1.165) is 18.8 Å². The lowest BCUT2D eigenvalue weighted by Gasteiger charge is -2.07. The van der Waals surface area contributed by atoms with Crippen molar-refractivity contribution in [2.45, 2.75) is 33.4 Å². The second-order valence-electron chi connectivity index (χ2n) is 3.38. The van der Waals surface area contributed by atoms with E-state index in [1.807, 2.05) is 10.8 Å². The second-order valence-corrected chi connectivity index (χ2v) is 3.38. The van der Waals surface area contributed by atoms with Crippen LogP contribution in [0.15, 0.2) is 12.4 Å². The van der Waals surface area contributed by atoms with Gasteiger partial charge in [0, 0.05) is 18.9 Å². The van der Waals surface area contributed by atoms with Crippen molar-refractivity contribution in [3.63, 3.8) is 0 Å². The fourth-order valence-corrected chi connectivity index (χ4v) is 1.09. The molecular weight excluding hydrogens is 152 g/mol. The maximum Gasteiger partial charge on any atom is 0.134 e. The van der Waals surface area contributed by atoms with Crippen LogP contribution in [0.1, 0.15) is 26.1 Å². The van der Waals surface area contributed by atoms with Gasteiger partial charge in [0.2, 0.25) is 0 Å². The highest BCUT2D eigenvalue weighted by molar-refractivity contribution is 4.89. The molecule has 12 heavy (non-hydrogen) atoms. The van der Waals surface area contributed by atoms with E-state index in [1.165, 1.54) is 0 Å². The van der Waals surface area contributed by atoms with E-state index in [-0.39, 0.29) is 6.61 Å². The van der Waals surface area contributed by atoms with E-state index in [1.54, 1.807) is 6.20 Å². The molecule has 0 aliphatic heterocycles. The van der Waals surface area contributed by atoms with Gasteiger partial charge in [-0.15, -0.1) is 0 Å². The molecule has 1 aromatic heterocycles. The largest absolute Gasteiger partial charge is 0.388 e. The van der Waals surface area contributed by atoms with Gasteiger partial charge in [-0.25, -0.2) is 4.98 Å². The Labute approximate surface area is 73.1 Å². The molecule has 0 amide bonds. The highest BCUT2D eigenvalue weighted by atomic mass is 16.3. The standard InChI is InChI=1S/C9H16N2O/c1-8(2)3-5-11-6-4-10-9(11)7-12/h4,6,8,12H,3,5,7H2,1-2H3. The molecule has 68 valence electrons. The van der Waals surface area contributed by atoms with E-state index >= 15 is 0 Å². The van der Waals surface area contributed by atoms with Crippen LogP contribution in [0.2, 0.25) is 0 Å². The van der Waals surface area contributed by atoms with Crippen molar-refractivity contribution in [3.05, 3.63) is 18.2 Å². The van der Waals surface area contributed by atoms with Crippen molar-refractivity contribution in [1.29, 1.82) is 0 Å². The fraction of sp³-hybridized carbons (Fsp3) is 0.667. The van der Waals surface area contributed by atoms with Crippen LogP contribution in [0, 0.1) is 5.92 Å². The number of imidazole rings is 1. The van der Waals surface area contributed by atoms with Gasteiger partial charge in [-0.05, 0) is 12.3 Å². The van der Waals surface area contributed by atoms with Gasteiger partial charge in [0.15, 0.2) is 0 Å². The maximum absolute atomic E-state index is 8.89. The number of rotatable bonds is 4. The molecule has 0 saturated heterocycles. The Morgan fingerprint density at radius 1 is 1.58 bits per heavy atom. The molecule has 1 rings (SSSR count). The summed E-state index contributed by atoms with van der Waals surface area (Å²) in [6.07, 6.45) is 4.77. The molecule has 0 spiro atoms. The monoisotopic (exact) mass is 168 g/mol. The summed E-state index contributed by atoms with van der Waals surface area (Å²) in [6, 6.07) is 0. The first-order valence-electron chi connectivity index (χ1n) is 4.35. The minimum atomic E-state index is 0.0328. The predicted molar refractivity (Wildman–Crippen MR) is 47.6 cm³/mol. The van der Waals surface area contributed by atoms with Gasteiger partial charge in [-0.2, -0.15) is 0 Å². The Kier molecular flexibility index (Phi) is 3.29. The van der Waals surface area contributed by atoms with E-state index in [9.17, 15) is 0 Å². The SMILES string of the molecule is CC(C)CCn1ccnc1CO. The Bertz CT molecular complexity index is 230. The molecule has 0 fully saturated rings. The molecule has 0 aromatic carbocycles. The van der Waals surface area contributed by atoms with Gasteiger partial charge in [0.05, 0.1) is 0 Å². The topological polar surface area (TPSA) is 38.0 Å². The molecule has 0 unspecified atom stereocenters. The van der Waals surface area contributed by atoms with E-state index in [4.69, 9.17) is 5.11 Å². The summed E-state index contributed by atoms with van der Waals surface area (Å²) in [5.74, 6) is 1.45. The Balaban J connectivity index is 2.50. The minimum absolute atomic E-state index is 0.0328. The molecule has 0 bridgehead atoms. The number of aryl methyl sites for hydroxylation is 1. The molecule has 3 nitrogen and oxygen atoms in total. The van der Waals surface area contributed by atoms with Crippen molar-refractivity contribution in [2.24, 2.45) is 5.92 Å². The molecule has 0 radical (unpaired) electrons. The van der Waals surface area contributed by atoms with Gasteiger partial charge < -0.3 is 9.67 Å². The molecule has 1 aromatic rings. The van der Waals surface area contributed by atoms with Crippen LogP contribution in [0.3, 0.4) is 0 Å². The Morgan fingerprint density at radius 3 is 2.92 bits per heavy atom. The van der Waals surface area contributed by atoms with Crippen molar-refractivity contribution in [2.75, 3.05) is 0 Å². The third-order valence-corrected chi connectivity index (χ3v) is 1.89. The summed E-state index contributed by atoms with van der Waals surface area (Å²) in [7, 11) is 0. The van der Waals surface area contributed by atoms with E-state index in [2.05, 4.69) is 18.8 Å². The second kappa shape index (κ2) is 4.26. The van der Waals surface area contributed by atoms with Gasteiger partial charge in [-0.1, -0.05) is 13.8 Å². The van der Waals surface area contributed by atoms with Crippen LogP contribution in [0.4, 0.5) is 0 Å². The van der Waals surface area contributed by atoms with E-state index < -0.39 is 0 Å². The summed E-state index contributed by atoms with van der Waals surface area (Å²) in [6.45, 7) is 5.36. The van der Waals surface area contributed by atoms with Crippen molar-refractivity contribution in [3.8, 4) is 0 Å². The van der Waals surface area contributed by atoms with Crippen LogP contribution in [-0.4, -0.2) is 14.7 Å². The first-order chi connectivity index (χ1) is 5.74.